The van der Waals surface area contributed by atoms with Crippen molar-refractivity contribution in [2.45, 2.75) is 25.5 Å². The number of fused-ring (bicyclic) bond motifs is 1. The minimum absolute atomic E-state index is 0.0549. The van der Waals surface area contributed by atoms with E-state index in [1.807, 2.05) is 19.1 Å². The molecule has 138 valence electrons. The number of benzene rings is 2. The highest BCUT2D eigenvalue weighted by atomic mass is 35.5. The SMILES string of the molecule is CC1CSC(N(C(=O)CC2OC(=O)c3ccccc32)c2ccc(Cl)cc2)=N1. The van der Waals surface area contributed by atoms with Crippen molar-refractivity contribution in [1.29, 1.82) is 0 Å². The molecule has 2 aliphatic rings. The van der Waals surface area contributed by atoms with Crippen LogP contribution in [0.15, 0.2) is 53.5 Å². The number of aliphatic imine (C=N–C) groups is 1. The van der Waals surface area contributed by atoms with Crippen LogP contribution in [0, 0.1) is 0 Å². The lowest BCUT2D eigenvalue weighted by molar-refractivity contribution is -0.119. The monoisotopic (exact) mass is 400 g/mol. The lowest BCUT2D eigenvalue weighted by atomic mass is 10.0. The first kappa shape index (κ1) is 18.1. The highest BCUT2D eigenvalue weighted by Gasteiger charge is 2.35. The standard InChI is InChI=1S/C20H17ClN2O3S/c1-12-11-27-20(22-12)23(14-8-6-13(21)7-9-14)18(24)10-17-15-4-2-3-5-16(15)19(25)26-17/h2-9,12,17H,10-11H2,1H3. The summed E-state index contributed by atoms with van der Waals surface area (Å²) in [5.74, 6) is 0.267. The van der Waals surface area contributed by atoms with Gasteiger partial charge in [-0.1, -0.05) is 41.6 Å². The van der Waals surface area contributed by atoms with E-state index in [0.29, 0.717) is 21.4 Å². The van der Waals surface area contributed by atoms with Gasteiger partial charge in [0.2, 0.25) is 5.91 Å². The van der Waals surface area contributed by atoms with E-state index < -0.39 is 6.10 Å². The molecule has 2 aromatic rings. The summed E-state index contributed by atoms with van der Waals surface area (Å²) >= 11 is 7.54. The lowest BCUT2D eigenvalue weighted by Gasteiger charge is -2.23. The second-order valence-corrected chi connectivity index (χ2v) is 7.89. The normalized spacial score (nSPS) is 20.8. The van der Waals surface area contributed by atoms with Crippen molar-refractivity contribution in [3.05, 3.63) is 64.7 Å². The number of carbonyl (C=O) groups is 2. The summed E-state index contributed by atoms with van der Waals surface area (Å²) in [5, 5.41) is 1.26. The van der Waals surface area contributed by atoms with Crippen molar-refractivity contribution in [3.8, 4) is 0 Å². The summed E-state index contributed by atoms with van der Waals surface area (Å²) < 4.78 is 5.44. The number of amides is 1. The van der Waals surface area contributed by atoms with Gasteiger partial charge in [-0.15, -0.1) is 0 Å². The van der Waals surface area contributed by atoms with Crippen LogP contribution in [0.1, 0.15) is 35.4 Å². The van der Waals surface area contributed by atoms with Crippen molar-refractivity contribution >= 4 is 46.1 Å². The molecule has 5 nitrogen and oxygen atoms in total. The lowest BCUT2D eigenvalue weighted by Crippen LogP contribution is -2.35. The number of ether oxygens (including phenoxy) is 1. The van der Waals surface area contributed by atoms with Crippen LogP contribution in [-0.4, -0.2) is 28.8 Å². The smallest absolute Gasteiger partial charge is 0.339 e. The Labute approximate surface area is 166 Å². The summed E-state index contributed by atoms with van der Waals surface area (Å²) in [5.41, 5.74) is 1.97. The second kappa shape index (κ2) is 7.37. The van der Waals surface area contributed by atoms with Gasteiger partial charge >= 0.3 is 5.97 Å². The molecule has 0 saturated heterocycles. The highest BCUT2D eigenvalue weighted by molar-refractivity contribution is 8.14. The van der Waals surface area contributed by atoms with Gasteiger partial charge in [0.25, 0.3) is 0 Å². The van der Waals surface area contributed by atoms with Gasteiger partial charge in [0.15, 0.2) is 5.17 Å². The van der Waals surface area contributed by atoms with E-state index in [1.165, 1.54) is 0 Å². The summed E-state index contributed by atoms with van der Waals surface area (Å²) in [6, 6.07) is 14.4. The van der Waals surface area contributed by atoms with E-state index in [-0.39, 0.29) is 24.3 Å². The molecule has 0 aromatic heterocycles. The average molecular weight is 401 g/mol. The van der Waals surface area contributed by atoms with Crippen molar-refractivity contribution in [3.63, 3.8) is 0 Å². The molecule has 0 N–H and O–H groups in total. The predicted octanol–water partition coefficient (Wildman–Crippen LogP) is 4.47. The Kier molecular flexibility index (Phi) is 4.93. The number of cyclic esters (lactones) is 1. The van der Waals surface area contributed by atoms with Gasteiger partial charge in [0, 0.05) is 16.3 Å². The number of hydrogen-bond acceptors (Lipinski definition) is 5. The molecule has 0 bridgehead atoms. The van der Waals surface area contributed by atoms with Crippen molar-refractivity contribution in [2.75, 3.05) is 10.7 Å². The molecule has 0 aliphatic carbocycles. The quantitative estimate of drug-likeness (QED) is 0.713. The van der Waals surface area contributed by atoms with Gasteiger partial charge in [-0.2, -0.15) is 0 Å². The molecule has 0 spiro atoms. The van der Waals surface area contributed by atoms with Crippen LogP contribution in [0.5, 0.6) is 0 Å². The van der Waals surface area contributed by atoms with Crippen LogP contribution in [0.4, 0.5) is 5.69 Å². The number of thioether (sulfide) groups is 1. The molecule has 0 fully saturated rings. The number of carbonyl (C=O) groups excluding carboxylic acids is 2. The van der Waals surface area contributed by atoms with Crippen LogP contribution < -0.4 is 4.90 Å². The predicted molar refractivity (Wildman–Crippen MR) is 108 cm³/mol. The first-order valence-corrected chi connectivity index (χ1v) is 9.98. The third-order valence-electron chi connectivity index (χ3n) is 4.45. The van der Waals surface area contributed by atoms with E-state index in [4.69, 9.17) is 16.3 Å². The Hall–Kier alpha value is -2.31. The van der Waals surface area contributed by atoms with Crippen molar-refractivity contribution in [1.82, 2.24) is 0 Å². The largest absolute Gasteiger partial charge is 0.453 e. The maximum Gasteiger partial charge on any atom is 0.339 e. The van der Waals surface area contributed by atoms with E-state index in [9.17, 15) is 9.59 Å². The van der Waals surface area contributed by atoms with Crippen LogP contribution >= 0.6 is 23.4 Å². The molecule has 2 aromatic carbocycles. The molecular weight excluding hydrogens is 384 g/mol. The van der Waals surface area contributed by atoms with Crippen LogP contribution in [0.3, 0.4) is 0 Å². The number of amidine groups is 1. The second-order valence-electron chi connectivity index (χ2n) is 6.46. The molecule has 0 radical (unpaired) electrons. The zero-order chi connectivity index (χ0) is 19.0. The van der Waals surface area contributed by atoms with Crippen molar-refractivity contribution < 1.29 is 14.3 Å². The molecule has 1 amide bonds. The summed E-state index contributed by atoms with van der Waals surface area (Å²) in [7, 11) is 0. The van der Waals surface area contributed by atoms with Crippen LogP contribution in [0.25, 0.3) is 0 Å². The Bertz CT molecular complexity index is 929. The van der Waals surface area contributed by atoms with Crippen molar-refractivity contribution in [2.24, 2.45) is 4.99 Å². The number of hydrogen-bond donors (Lipinski definition) is 0. The fourth-order valence-corrected chi connectivity index (χ4v) is 4.33. The molecule has 27 heavy (non-hydrogen) atoms. The summed E-state index contributed by atoms with van der Waals surface area (Å²) in [6.45, 7) is 2.01. The Morgan fingerprint density at radius 1 is 1.26 bits per heavy atom. The minimum Gasteiger partial charge on any atom is -0.453 e. The maximum absolute atomic E-state index is 13.2. The number of anilines is 1. The first-order chi connectivity index (χ1) is 13.0. The summed E-state index contributed by atoms with van der Waals surface area (Å²) in [4.78, 5) is 31.4. The summed E-state index contributed by atoms with van der Waals surface area (Å²) in [6.07, 6.45) is -0.528. The number of rotatable bonds is 3. The van der Waals surface area contributed by atoms with Gasteiger partial charge in [0.1, 0.15) is 6.10 Å². The van der Waals surface area contributed by atoms with Gasteiger partial charge in [-0.05, 0) is 37.3 Å². The zero-order valence-electron chi connectivity index (χ0n) is 14.6. The zero-order valence-corrected chi connectivity index (χ0v) is 16.2. The highest BCUT2D eigenvalue weighted by Crippen LogP contribution is 2.35. The Morgan fingerprint density at radius 2 is 2.00 bits per heavy atom. The fourth-order valence-electron chi connectivity index (χ4n) is 3.15. The van der Waals surface area contributed by atoms with E-state index in [2.05, 4.69) is 4.99 Å². The third kappa shape index (κ3) is 3.59. The minimum atomic E-state index is -0.583. The topological polar surface area (TPSA) is 59.0 Å². The third-order valence-corrected chi connectivity index (χ3v) is 5.89. The van der Waals surface area contributed by atoms with Gasteiger partial charge in [0.05, 0.1) is 23.7 Å². The van der Waals surface area contributed by atoms with Gasteiger partial charge < -0.3 is 4.74 Å². The van der Waals surface area contributed by atoms with Crippen LogP contribution in [0.2, 0.25) is 5.02 Å². The molecule has 7 heteroatoms. The first-order valence-electron chi connectivity index (χ1n) is 8.62. The molecule has 2 atom stereocenters. The Morgan fingerprint density at radius 3 is 2.70 bits per heavy atom. The fraction of sp³-hybridized carbons (Fsp3) is 0.250. The van der Waals surface area contributed by atoms with Crippen LogP contribution in [-0.2, 0) is 9.53 Å². The molecule has 0 saturated carbocycles. The molecular formula is C20H17ClN2O3S. The molecule has 2 heterocycles. The number of nitrogens with zero attached hydrogens (tertiary/aromatic N) is 2. The van der Waals surface area contributed by atoms with Gasteiger partial charge in [-0.3, -0.25) is 14.7 Å². The van der Waals surface area contributed by atoms with Gasteiger partial charge in [-0.25, -0.2) is 4.79 Å². The molecule has 4 rings (SSSR count). The number of esters is 1. The maximum atomic E-state index is 13.2. The van der Waals surface area contributed by atoms with E-state index >= 15 is 0 Å². The van der Waals surface area contributed by atoms with E-state index in [0.717, 1.165) is 11.3 Å². The Balaban J connectivity index is 1.63. The number of halogens is 1. The van der Waals surface area contributed by atoms with E-state index in [1.54, 1.807) is 53.1 Å². The average Bonchev–Trinajstić information content (AvgIpc) is 3.21. The molecule has 2 aliphatic heterocycles. The molecule has 2 unspecified atom stereocenters.